The van der Waals surface area contributed by atoms with E-state index in [1.54, 1.807) is 0 Å². The molecule has 0 fully saturated rings. The number of aryl methyl sites for hydroxylation is 1. The Morgan fingerprint density at radius 2 is 1.76 bits per heavy atom. The highest BCUT2D eigenvalue weighted by Gasteiger charge is 2.27. The van der Waals surface area contributed by atoms with Gasteiger partial charge in [0.2, 0.25) is 0 Å². The number of nitrogens with zero attached hydrogens (tertiary/aromatic N) is 1. The van der Waals surface area contributed by atoms with Gasteiger partial charge in [-0.2, -0.15) is 0 Å². The molecule has 0 amide bonds. The van der Waals surface area contributed by atoms with Gasteiger partial charge >= 0.3 is 5.97 Å². The van der Waals surface area contributed by atoms with Gasteiger partial charge in [-0.25, -0.2) is 0 Å². The molecule has 21 heavy (non-hydrogen) atoms. The molecule has 3 heteroatoms. The maximum Gasteiger partial charge on any atom is 0.308 e. The molecule has 0 aliphatic heterocycles. The Balaban J connectivity index is 2.16. The highest BCUT2D eigenvalue weighted by atomic mass is 16.5. The van der Waals surface area contributed by atoms with Gasteiger partial charge in [0.25, 0.3) is 0 Å². The van der Waals surface area contributed by atoms with Crippen LogP contribution < -0.4 is 4.74 Å². The first-order valence-corrected chi connectivity index (χ1v) is 8.10. The molecule has 0 heterocycles. The maximum absolute atomic E-state index is 11.2. The highest BCUT2D eigenvalue weighted by Crippen LogP contribution is 2.32. The molecule has 116 valence electrons. The van der Waals surface area contributed by atoms with Crippen LogP contribution in [-0.4, -0.2) is 30.0 Å². The first kappa shape index (κ1) is 16.0. The standard InChI is InChI=1S/C18H27NO2/c1-5-7-19(8-6-2)17-10-15-9-13(3)18(21-14(4)20)12-16(15)11-17/h9,12,17H,5-8,10-11H2,1-4H3. The van der Waals surface area contributed by atoms with E-state index >= 15 is 0 Å². The molecule has 2 rings (SSSR count). The number of carbonyl (C=O) groups is 1. The van der Waals surface area contributed by atoms with Crippen molar-refractivity contribution in [3.8, 4) is 5.75 Å². The lowest BCUT2D eigenvalue weighted by Gasteiger charge is -2.27. The Kier molecular flexibility index (Phi) is 5.40. The second-order valence-electron chi connectivity index (χ2n) is 6.08. The van der Waals surface area contributed by atoms with Crippen molar-refractivity contribution in [2.45, 2.75) is 59.4 Å². The van der Waals surface area contributed by atoms with Gasteiger partial charge in [-0.3, -0.25) is 9.69 Å². The lowest BCUT2D eigenvalue weighted by molar-refractivity contribution is -0.131. The van der Waals surface area contributed by atoms with E-state index in [9.17, 15) is 4.79 Å². The van der Waals surface area contributed by atoms with Crippen LogP contribution in [0.3, 0.4) is 0 Å². The van der Waals surface area contributed by atoms with Crippen LogP contribution in [0.25, 0.3) is 0 Å². The van der Waals surface area contributed by atoms with Crippen molar-refractivity contribution in [2.75, 3.05) is 13.1 Å². The molecule has 0 saturated heterocycles. The third-order valence-electron chi connectivity index (χ3n) is 4.20. The second-order valence-corrected chi connectivity index (χ2v) is 6.08. The van der Waals surface area contributed by atoms with Crippen LogP contribution in [0.15, 0.2) is 12.1 Å². The molecular weight excluding hydrogens is 262 g/mol. The number of benzene rings is 1. The second kappa shape index (κ2) is 7.08. The zero-order valence-corrected chi connectivity index (χ0v) is 13.7. The predicted molar refractivity (Wildman–Crippen MR) is 85.8 cm³/mol. The van der Waals surface area contributed by atoms with Crippen LogP contribution >= 0.6 is 0 Å². The molecule has 3 nitrogen and oxygen atoms in total. The summed E-state index contributed by atoms with van der Waals surface area (Å²) in [5.41, 5.74) is 3.83. The van der Waals surface area contributed by atoms with E-state index in [-0.39, 0.29) is 5.97 Å². The van der Waals surface area contributed by atoms with Crippen LogP contribution in [0.1, 0.15) is 50.3 Å². The average Bonchev–Trinajstić information content (AvgIpc) is 2.81. The summed E-state index contributed by atoms with van der Waals surface area (Å²) in [6.07, 6.45) is 4.59. The van der Waals surface area contributed by atoms with Crippen molar-refractivity contribution in [1.29, 1.82) is 0 Å². The molecule has 1 aromatic rings. The van der Waals surface area contributed by atoms with Gasteiger partial charge < -0.3 is 4.74 Å². The SMILES string of the molecule is CCCN(CCC)C1Cc2cc(C)c(OC(C)=O)cc2C1. The topological polar surface area (TPSA) is 29.5 Å². The Hall–Kier alpha value is -1.35. The van der Waals surface area contributed by atoms with Gasteiger partial charge in [0.05, 0.1) is 0 Å². The molecule has 1 atom stereocenters. The molecular formula is C18H27NO2. The summed E-state index contributed by atoms with van der Waals surface area (Å²) in [7, 11) is 0. The van der Waals surface area contributed by atoms with Gasteiger partial charge in [0, 0.05) is 13.0 Å². The fourth-order valence-corrected chi connectivity index (χ4v) is 3.32. The quantitative estimate of drug-likeness (QED) is 0.593. The number of esters is 1. The Bertz CT molecular complexity index is 504. The number of ether oxygens (including phenoxy) is 1. The van der Waals surface area contributed by atoms with E-state index < -0.39 is 0 Å². The van der Waals surface area contributed by atoms with Crippen LogP contribution in [0, 0.1) is 6.92 Å². The Morgan fingerprint density at radius 1 is 1.19 bits per heavy atom. The van der Waals surface area contributed by atoms with Crippen LogP contribution in [-0.2, 0) is 17.6 Å². The van der Waals surface area contributed by atoms with E-state index in [1.807, 2.05) is 6.92 Å². The Labute approximate surface area is 128 Å². The molecule has 0 N–H and O–H groups in total. The van der Waals surface area contributed by atoms with Gasteiger partial charge in [-0.15, -0.1) is 0 Å². The van der Waals surface area contributed by atoms with Crippen molar-refractivity contribution in [3.05, 3.63) is 28.8 Å². The minimum atomic E-state index is -0.244. The van der Waals surface area contributed by atoms with Gasteiger partial charge in [0.1, 0.15) is 5.75 Å². The van der Waals surface area contributed by atoms with E-state index in [0.717, 1.165) is 24.2 Å². The molecule has 0 bridgehead atoms. The molecule has 1 unspecified atom stereocenters. The fourth-order valence-electron chi connectivity index (χ4n) is 3.32. The summed E-state index contributed by atoms with van der Waals surface area (Å²) in [4.78, 5) is 13.8. The molecule has 0 spiro atoms. The third kappa shape index (κ3) is 3.85. The van der Waals surface area contributed by atoms with Crippen LogP contribution in [0.2, 0.25) is 0 Å². The number of hydrogen-bond donors (Lipinski definition) is 0. The molecule has 0 radical (unpaired) electrons. The highest BCUT2D eigenvalue weighted by molar-refractivity contribution is 5.70. The third-order valence-corrected chi connectivity index (χ3v) is 4.20. The molecule has 1 aliphatic rings. The fraction of sp³-hybridized carbons (Fsp3) is 0.611. The van der Waals surface area contributed by atoms with E-state index in [2.05, 4.69) is 30.9 Å². The van der Waals surface area contributed by atoms with Crippen molar-refractivity contribution in [3.63, 3.8) is 0 Å². The van der Waals surface area contributed by atoms with Crippen LogP contribution in [0.4, 0.5) is 0 Å². The molecule has 1 aliphatic carbocycles. The van der Waals surface area contributed by atoms with Crippen molar-refractivity contribution >= 4 is 5.97 Å². The summed E-state index contributed by atoms with van der Waals surface area (Å²) >= 11 is 0. The normalized spacial score (nSPS) is 17.1. The number of hydrogen-bond acceptors (Lipinski definition) is 3. The largest absolute Gasteiger partial charge is 0.426 e. The molecule has 0 saturated carbocycles. The summed E-state index contributed by atoms with van der Waals surface area (Å²) in [5.74, 6) is 0.477. The monoisotopic (exact) mass is 289 g/mol. The zero-order chi connectivity index (χ0) is 15.4. The van der Waals surface area contributed by atoms with Crippen LogP contribution in [0.5, 0.6) is 5.75 Å². The predicted octanol–water partition coefficient (Wildman–Crippen LogP) is 3.51. The minimum Gasteiger partial charge on any atom is -0.426 e. The van der Waals surface area contributed by atoms with Crippen molar-refractivity contribution in [2.24, 2.45) is 0 Å². The summed E-state index contributed by atoms with van der Waals surface area (Å²) in [6, 6.07) is 4.87. The smallest absolute Gasteiger partial charge is 0.308 e. The summed E-state index contributed by atoms with van der Waals surface area (Å²) in [6.45, 7) is 10.3. The summed E-state index contributed by atoms with van der Waals surface area (Å²) in [5, 5.41) is 0. The first-order chi connectivity index (χ1) is 10.0. The summed E-state index contributed by atoms with van der Waals surface area (Å²) < 4.78 is 5.31. The van der Waals surface area contributed by atoms with Gasteiger partial charge in [-0.05, 0) is 68.5 Å². The van der Waals surface area contributed by atoms with E-state index in [1.165, 1.54) is 44.0 Å². The average molecular weight is 289 g/mol. The minimum absolute atomic E-state index is 0.244. The first-order valence-electron chi connectivity index (χ1n) is 8.10. The molecule has 0 aromatic heterocycles. The number of rotatable bonds is 6. The molecule has 1 aromatic carbocycles. The maximum atomic E-state index is 11.2. The van der Waals surface area contributed by atoms with E-state index in [0.29, 0.717) is 6.04 Å². The van der Waals surface area contributed by atoms with Gasteiger partial charge in [0.15, 0.2) is 0 Å². The lowest BCUT2D eigenvalue weighted by Crippen LogP contribution is -2.37. The Morgan fingerprint density at radius 3 is 2.29 bits per heavy atom. The van der Waals surface area contributed by atoms with Crippen molar-refractivity contribution in [1.82, 2.24) is 4.90 Å². The van der Waals surface area contributed by atoms with Crippen molar-refractivity contribution < 1.29 is 9.53 Å². The number of fused-ring (bicyclic) bond motifs is 1. The lowest BCUT2D eigenvalue weighted by atomic mass is 10.1. The zero-order valence-electron chi connectivity index (χ0n) is 13.7. The van der Waals surface area contributed by atoms with E-state index in [4.69, 9.17) is 4.74 Å². The van der Waals surface area contributed by atoms with Gasteiger partial charge in [-0.1, -0.05) is 19.9 Å². The number of carbonyl (C=O) groups excluding carboxylic acids is 1.